The SMILES string of the molecule is CN(CCC#N)S(=O)(=O)Nc1cccc(C(=O)c2c[nH]c3ncc(Cl)cc23)c1F. The largest absolute Gasteiger partial charge is 0.345 e. The molecule has 0 radical (unpaired) electrons. The van der Waals surface area contributed by atoms with Crippen LogP contribution in [0.15, 0.2) is 36.7 Å². The lowest BCUT2D eigenvalue weighted by Gasteiger charge is -2.17. The lowest BCUT2D eigenvalue weighted by atomic mass is 10.0. The highest BCUT2D eigenvalue weighted by Crippen LogP contribution is 2.26. The molecule has 1 aromatic carbocycles. The molecule has 0 bridgehead atoms. The Balaban J connectivity index is 1.95. The molecule has 3 aromatic rings. The molecule has 0 saturated heterocycles. The monoisotopic (exact) mass is 435 g/mol. The average molecular weight is 436 g/mol. The van der Waals surface area contributed by atoms with E-state index in [2.05, 4.69) is 14.7 Å². The number of hydrogen-bond acceptors (Lipinski definition) is 5. The average Bonchev–Trinajstić information content (AvgIpc) is 3.10. The van der Waals surface area contributed by atoms with Gasteiger partial charge >= 0.3 is 10.2 Å². The molecule has 150 valence electrons. The molecule has 0 fully saturated rings. The zero-order chi connectivity index (χ0) is 21.2. The number of nitrogens with one attached hydrogen (secondary N) is 2. The van der Waals surface area contributed by atoms with Crippen LogP contribution in [0.4, 0.5) is 10.1 Å². The first-order valence-electron chi connectivity index (χ1n) is 8.31. The van der Waals surface area contributed by atoms with Gasteiger partial charge in [0, 0.05) is 43.4 Å². The van der Waals surface area contributed by atoms with E-state index in [9.17, 15) is 17.6 Å². The molecule has 0 spiro atoms. The highest BCUT2D eigenvalue weighted by atomic mass is 35.5. The molecule has 0 aliphatic carbocycles. The highest BCUT2D eigenvalue weighted by molar-refractivity contribution is 7.90. The van der Waals surface area contributed by atoms with Crippen molar-refractivity contribution >= 4 is 44.3 Å². The number of carbonyl (C=O) groups excluding carboxylic acids is 1. The highest BCUT2D eigenvalue weighted by Gasteiger charge is 2.23. The molecule has 11 heteroatoms. The van der Waals surface area contributed by atoms with Crippen molar-refractivity contribution in [2.45, 2.75) is 6.42 Å². The number of halogens is 2. The van der Waals surface area contributed by atoms with Crippen LogP contribution in [0.1, 0.15) is 22.3 Å². The third-order valence-electron chi connectivity index (χ3n) is 4.17. The summed E-state index contributed by atoms with van der Waals surface area (Å²) in [4.78, 5) is 19.8. The van der Waals surface area contributed by atoms with Crippen molar-refractivity contribution in [1.82, 2.24) is 14.3 Å². The van der Waals surface area contributed by atoms with E-state index in [0.717, 1.165) is 4.31 Å². The summed E-state index contributed by atoms with van der Waals surface area (Å²) in [6, 6.07) is 7.19. The smallest absolute Gasteiger partial charge is 0.301 e. The maximum Gasteiger partial charge on any atom is 0.301 e. The predicted octanol–water partition coefficient (Wildman–Crippen LogP) is 3.09. The van der Waals surface area contributed by atoms with Gasteiger partial charge < -0.3 is 4.98 Å². The first kappa shape index (κ1) is 20.7. The number of hydrogen-bond donors (Lipinski definition) is 2. The Labute approximate surface area is 171 Å². The zero-order valence-corrected chi connectivity index (χ0v) is 16.7. The van der Waals surface area contributed by atoms with Gasteiger partial charge in [0.25, 0.3) is 0 Å². The summed E-state index contributed by atoms with van der Waals surface area (Å²) in [7, 11) is -2.84. The second-order valence-electron chi connectivity index (χ2n) is 6.09. The molecular weight excluding hydrogens is 421 g/mol. The second-order valence-corrected chi connectivity index (χ2v) is 8.30. The Hall–Kier alpha value is -3.00. The summed E-state index contributed by atoms with van der Waals surface area (Å²) in [5.41, 5.74) is -0.129. The van der Waals surface area contributed by atoms with Crippen LogP contribution in [-0.2, 0) is 10.2 Å². The van der Waals surface area contributed by atoms with E-state index in [-0.39, 0.29) is 29.8 Å². The molecule has 0 saturated carbocycles. The van der Waals surface area contributed by atoms with Crippen molar-refractivity contribution in [3.63, 3.8) is 0 Å². The van der Waals surface area contributed by atoms with Gasteiger partial charge in [-0.1, -0.05) is 17.7 Å². The Morgan fingerprint density at radius 1 is 1.41 bits per heavy atom. The van der Waals surface area contributed by atoms with Crippen LogP contribution in [0.3, 0.4) is 0 Å². The van der Waals surface area contributed by atoms with Crippen LogP contribution in [0.2, 0.25) is 5.02 Å². The molecule has 0 atom stereocenters. The fourth-order valence-corrected chi connectivity index (χ4v) is 3.72. The third kappa shape index (κ3) is 4.22. The molecule has 0 aliphatic heterocycles. The van der Waals surface area contributed by atoms with Gasteiger partial charge in [0.15, 0.2) is 11.6 Å². The summed E-state index contributed by atoms with van der Waals surface area (Å²) in [5, 5.41) is 9.32. The summed E-state index contributed by atoms with van der Waals surface area (Å²) in [6.45, 7) is -0.0603. The van der Waals surface area contributed by atoms with Crippen LogP contribution in [0.25, 0.3) is 11.0 Å². The number of H-pyrrole nitrogens is 1. The summed E-state index contributed by atoms with van der Waals surface area (Å²) >= 11 is 5.93. The van der Waals surface area contributed by atoms with Crippen molar-refractivity contribution in [3.8, 4) is 6.07 Å². The van der Waals surface area contributed by atoms with E-state index in [1.165, 1.54) is 43.7 Å². The fraction of sp³-hybridized carbons (Fsp3) is 0.167. The van der Waals surface area contributed by atoms with E-state index in [4.69, 9.17) is 16.9 Å². The minimum Gasteiger partial charge on any atom is -0.345 e. The Morgan fingerprint density at radius 3 is 2.90 bits per heavy atom. The normalized spacial score (nSPS) is 11.6. The first-order valence-corrected chi connectivity index (χ1v) is 10.1. The van der Waals surface area contributed by atoms with Crippen LogP contribution >= 0.6 is 11.6 Å². The van der Waals surface area contributed by atoms with E-state index < -0.39 is 21.8 Å². The quantitative estimate of drug-likeness (QED) is 0.553. The van der Waals surface area contributed by atoms with Gasteiger partial charge in [0.1, 0.15) is 5.65 Å². The van der Waals surface area contributed by atoms with Gasteiger partial charge in [-0.15, -0.1) is 0 Å². The maximum atomic E-state index is 15.0. The molecule has 2 heterocycles. The van der Waals surface area contributed by atoms with Crippen LogP contribution in [-0.4, -0.2) is 42.1 Å². The molecule has 29 heavy (non-hydrogen) atoms. The number of nitrogens with zero attached hydrogens (tertiary/aromatic N) is 3. The molecule has 0 unspecified atom stereocenters. The molecule has 2 N–H and O–H groups in total. The number of anilines is 1. The van der Waals surface area contributed by atoms with Gasteiger partial charge in [-0.05, 0) is 18.2 Å². The van der Waals surface area contributed by atoms with Gasteiger partial charge in [-0.3, -0.25) is 9.52 Å². The number of ketones is 1. The fourth-order valence-electron chi connectivity index (χ4n) is 2.64. The predicted molar refractivity (Wildman–Crippen MR) is 106 cm³/mol. The van der Waals surface area contributed by atoms with Crippen LogP contribution in [0, 0.1) is 17.1 Å². The second kappa shape index (κ2) is 8.16. The van der Waals surface area contributed by atoms with Gasteiger partial charge in [-0.2, -0.15) is 18.0 Å². The van der Waals surface area contributed by atoms with E-state index >= 15 is 0 Å². The Kier molecular flexibility index (Phi) is 5.83. The maximum absolute atomic E-state index is 15.0. The molecule has 0 amide bonds. The lowest BCUT2D eigenvalue weighted by Crippen LogP contribution is -2.33. The van der Waals surface area contributed by atoms with Crippen LogP contribution in [0.5, 0.6) is 0 Å². The minimum atomic E-state index is -4.10. The van der Waals surface area contributed by atoms with Crippen molar-refractivity contribution in [3.05, 3.63) is 58.6 Å². The van der Waals surface area contributed by atoms with Gasteiger partial charge in [0.2, 0.25) is 0 Å². The number of carbonyl (C=O) groups is 1. The first-order chi connectivity index (χ1) is 13.7. The lowest BCUT2D eigenvalue weighted by molar-refractivity contribution is 0.103. The summed E-state index contributed by atoms with van der Waals surface area (Å²) in [6.07, 6.45) is 2.78. The summed E-state index contributed by atoms with van der Waals surface area (Å²) in [5.74, 6) is -1.67. The molecule has 3 rings (SSSR count). The van der Waals surface area contributed by atoms with Crippen molar-refractivity contribution in [2.24, 2.45) is 0 Å². The molecule has 2 aromatic heterocycles. The van der Waals surface area contributed by atoms with E-state index in [0.29, 0.717) is 16.1 Å². The number of pyridine rings is 1. The Morgan fingerprint density at radius 2 is 2.17 bits per heavy atom. The molecular formula is C18H15ClFN5O3S. The zero-order valence-electron chi connectivity index (χ0n) is 15.1. The standard InChI is InChI=1S/C18H15ClFN5O3S/c1-25(7-3-6-21)29(27,28)24-15-5-2-4-12(16(15)20)17(26)14-10-23-18-13(14)8-11(19)9-22-18/h2,4-5,8-10,24H,3,7H2,1H3,(H,22,23). The van der Waals surface area contributed by atoms with E-state index in [1.54, 1.807) is 0 Å². The number of rotatable bonds is 7. The summed E-state index contributed by atoms with van der Waals surface area (Å²) < 4.78 is 42.6. The number of aromatic nitrogens is 2. The van der Waals surface area contributed by atoms with Crippen molar-refractivity contribution in [1.29, 1.82) is 5.26 Å². The third-order valence-corrected chi connectivity index (χ3v) is 5.86. The minimum absolute atomic E-state index is 0.0183. The number of aromatic amines is 1. The number of nitriles is 1. The van der Waals surface area contributed by atoms with E-state index in [1.807, 2.05) is 6.07 Å². The van der Waals surface area contributed by atoms with Crippen LogP contribution < -0.4 is 4.72 Å². The van der Waals surface area contributed by atoms with Gasteiger partial charge in [0.05, 0.1) is 22.3 Å². The Bertz CT molecular complexity index is 1240. The molecule has 8 nitrogen and oxygen atoms in total. The van der Waals surface area contributed by atoms with Gasteiger partial charge in [-0.25, -0.2) is 9.37 Å². The van der Waals surface area contributed by atoms with Crippen molar-refractivity contribution < 1.29 is 17.6 Å². The number of benzene rings is 1. The number of fused-ring (bicyclic) bond motifs is 1. The molecule has 0 aliphatic rings. The van der Waals surface area contributed by atoms with Crippen molar-refractivity contribution in [2.75, 3.05) is 18.3 Å². The topological polar surface area (TPSA) is 119 Å².